The van der Waals surface area contributed by atoms with Crippen LogP contribution in [0.15, 0.2) is 42.5 Å². The molecule has 1 saturated carbocycles. The fourth-order valence-electron chi connectivity index (χ4n) is 3.84. The average molecular weight is 333 g/mol. The molecule has 0 atom stereocenters. The molecule has 0 bridgehead atoms. The monoisotopic (exact) mass is 333 g/mol. The molecule has 25 heavy (non-hydrogen) atoms. The van der Waals surface area contributed by atoms with Gasteiger partial charge >= 0.3 is 0 Å². The number of ether oxygens (including phenoxy) is 1. The van der Waals surface area contributed by atoms with Crippen molar-refractivity contribution in [2.45, 2.75) is 38.5 Å². The van der Waals surface area contributed by atoms with Crippen molar-refractivity contribution in [3.63, 3.8) is 0 Å². The molecule has 0 radical (unpaired) electrons. The van der Waals surface area contributed by atoms with Crippen molar-refractivity contribution in [2.24, 2.45) is 5.92 Å². The van der Waals surface area contributed by atoms with Crippen LogP contribution in [0.3, 0.4) is 0 Å². The first-order chi connectivity index (χ1) is 12.2. The number of hydrogen-bond acceptors (Lipinski definition) is 2. The quantitative estimate of drug-likeness (QED) is 0.743. The molecule has 3 rings (SSSR count). The lowest BCUT2D eigenvalue weighted by molar-refractivity contribution is 0.338. The third kappa shape index (κ3) is 4.37. The molecule has 0 unspecified atom stereocenters. The summed E-state index contributed by atoms with van der Waals surface area (Å²) >= 11 is 0. The van der Waals surface area contributed by atoms with E-state index in [2.05, 4.69) is 42.4 Å². The van der Waals surface area contributed by atoms with Gasteiger partial charge in [-0.05, 0) is 79.8 Å². The van der Waals surface area contributed by atoms with Gasteiger partial charge in [0.15, 0.2) is 0 Å². The smallest absolute Gasteiger partial charge is 0.121 e. The van der Waals surface area contributed by atoms with Crippen molar-refractivity contribution in [2.75, 3.05) is 19.0 Å². The molecular formula is C23H27NO. The molecule has 1 fully saturated rings. The van der Waals surface area contributed by atoms with E-state index in [1.807, 2.05) is 18.2 Å². The van der Waals surface area contributed by atoms with Crippen molar-refractivity contribution in [1.29, 1.82) is 0 Å². The lowest BCUT2D eigenvalue weighted by atomic mass is 9.78. The van der Waals surface area contributed by atoms with E-state index >= 15 is 0 Å². The molecule has 2 heteroatoms. The normalized spacial score (nSPS) is 19.9. The summed E-state index contributed by atoms with van der Waals surface area (Å²) < 4.78 is 5.37. The Morgan fingerprint density at radius 3 is 2.60 bits per heavy atom. The largest absolute Gasteiger partial charge is 0.496 e. The van der Waals surface area contributed by atoms with Crippen LogP contribution in [0.25, 0.3) is 0 Å². The van der Waals surface area contributed by atoms with Gasteiger partial charge in [0.05, 0.1) is 7.11 Å². The molecule has 0 aliphatic heterocycles. The van der Waals surface area contributed by atoms with Crippen LogP contribution >= 0.6 is 0 Å². The number of nitrogens with one attached hydrogen (secondary N) is 1. The molecular weight excluding hydrogens is 306 g/mol. The fourth-order valence-corrected chi connectivity index (χ4v) is 3.84. The summed E-state index contributed by atoms with van der Waals surface area (Å²) in [5.41, 5.74) is 4.76. The molecule has 2 aromatic rings. The molecule has 1 N–H and O–H groups in total. The van der Waals surface area contributed by atoms with Crippen LogP contribution in [0.5, 0.6) is 5.75 Å². The Balaban J connectivity index is 1.51. The van der Waals surface area contributed by atoms with Crippen molar-refractivity contribution >= 4 is 5.69 Å². The maximum atomic E-state index is 5.47. The van der Waals surface area contributed by atoms with Crippen LogP contribution in [0.2, 0.25) is 0 Å². The van der Waals surface area contributed by atoms with Gasteiger partial charge in [-0.2, -0.15) is 0 Å². The third-order valence-corrected chi connectivity index (χ3v) is 5.36. The molecule has 0 heterocycles. The average Bonchev–Trinajstić information content (AvgIpc) is 2.67. The molecule has 1 aliphatic carbocycles. The highest BCUT2D eigenvalue weighted by molar-refractivity contribution is 5.50. The highest BCUT2D eigenvalue weighted by Crippen LogP contribution is 2.37. The second kappa shape index (κ2) is 8.12. The van der Waals surface area contributed by atoms with Crippen LogP contribution in [0.4, 0.5) is 5.69 Å². The van der Waals surface area contributed by atoms with Gasteiger partial charge in [-0.15, -0.1) is 6.42 Å². The highest BCUT2D eigenvalue weighted by Gasteiger charge is 2.22. The van der Waals surface area contributed by atoms with E-state index in [0.717, 1.165) is 29.5 Å². The maximum absolute atomic E-state index is 5.47. The topological polar surface area (TPSA) is 21.3 Å². The van der Waals surface area contributed by atoms with Crippen molar-refractivity contribution in [3.05, 3.63) is 59.2 Å². The molecule has 2 nitrogen and oxygen atoms in total. The van der Waals surface area contributed by atoms with Crippen LogP contribution in [-0.2, 0) is 0 Å². The van der Waals surface area contributed by atoms with E-state index in [1.54, 1.807) is 7.11 Å². The van der Waals surface area contributed by atoms with E-state index < -0.39 is 0 Å². The van der Waals surface area contributed by atoms with Gasteiger partial charge in [0.1, 0.15) is 5.75 Å². The number of benzene rings is 2. The van der Waals surface area contributed by atoms with Gasteiger partial charge in [0, 0.05) is 17.8 Å². The van der Waals surface area contributed by atoms with Crippen LogP contribution < -0.4 is 10.1 Å². The van der Waals surface area contributed by atoms with E-state index in [0.29, 0.717) is 5.92 Å². The second-order valence-corrected chi connectivity index (χ2v) is 7.05. The van der Waals surface area contributed by atoms with E-state index in [1.165, 1.54) is 36.8 Å². The van der Waals surface area contributed by atoms with Crippen molar-refractivity contribution < 1.29 is 4.74 Å². The summed E-state index contributed by atoms with van der Waals surface area (Å²) in [5.74, 6) is 5.10. The SMILES string of the molecule is C#Cc1cccc(NCC2CCC(c3ccc(OC)c(C)c3)CC2)c1. The third-order valence-electron chi connectivity index (χ3n) is 5.36. The number of rotatable bonds is 5. The highest BCUT2D eigenvalue weighted by atomic mass is 16.5. The summed E-state index contributed by atoms with van der Waals surface area (Å²) in [4.78, 5) is 0. The Bertz CT molecular complexity index is 751. The molecule has 0 spiro atoms. The number of hydrogen-bond donors (Lipinski definition) is 1. The van der Waals surface area contributed by atoms with E-state index in [9.17, 15) is 0 Å². The number of methoxy groups -OCH3 is 1. The number of terminal acetylenes is 1. The van der Waals surface area contributed by atoms with Crippen LogP contribution in [0, 0.1) is 25.2 Å². The maximum Gasteiger partial charge on any atom is 0.121 e. The predicted molar refractivity (Wildman–Crippen MR) is 105 cm³/mol. The Hall–Kier alpha value is -2.40. The van der Waals surface area contributed by atoms with Crippen molar-refractivity contribution in [1.82, 2.24) is 0 Å². The van der Waals surface area contributed by atoms with Crippen LogP contribution in [0.1, 0.15) is 48.3 Å². The predicted octanol–water partition coefficient (Wildman–Crippen LogP) is 5.37. The zero-order chi connectivity index (χ0) is 17.6. The molecule has 0 saturated heterocycles. The minimum Gasteiger partial charge on any atom is -0.496 e. The van der Waals surface area contributed by atoms with Gasteiger partial charge in [0.2, 0.25) is 0 Å². The van der Waals surface area contributed by atoms with Gasteiger partial charge in [-0.1, -0.05) is 24.1 Å². The summed E-state index contributed by atoms with van der Waals surface area (Å²) in [6.07, 6.45) is 10.6. The van der Waals surface area contributed by atoms with Gasteiger partial charge in [0.25, 0.3) is 0 Å². The minimum absolute atomic E-state index is 0.686. The molecule has 0 amide bonds. The molecule has 1 aliphatic rings. The summed E-state index contributed by atoms with van der Waals surface area (Å²) in [6, 6.07) is 14.8. The van der Waals surface area contributed by atoms with E-state index in [4.69, 9.17) is 11.2 Å². The summed E-state index contributed by atoms with van der Waals surface area (Å²) in [7, 11) is 1.74. The van der Waals surface area contributed by atoms with Gasteiger partial charge < -0.3 is 10.1 Å². The standard InChI is InChI=1S/C23H27NO/c1-4-18-6-5-7-22(15-18)24-16-19-8-10-20(11-9-19)21-12-13-23(25-3)17(2)14-21/h1,5-7,12-15,19-20,24H,8-11,16H2,2-3H3. The lowest BCUT2D eigenvalue weighted by Gasteiger charge is -2.29. The lowest BCUT2D eigenvalue weighted by Crippen LogP contribution is -2.20. The first-order valence-electron chi connectivity index (χ1n) is 9.14. The molecule has 130 valence electrons. The second-order valence-electron chi connectivity index (χ2n) is 7.05. The number of anilines is 1. The summed E-state index contributed by atoms with van der Waals surface area (Å²) in [5, 5.41) is 3.56. The Morgan fingerprint density at radius 1 is 1.12 bits per heavy atom. The van der Waals surface area contributed by atoms with E-state index in [-0.39, 0.29) is 0 Å². The molecule has 0 aromatic heterocycles. The Labute approximate surface area is 151 Å². The Morgan fingerprint density at radius 2 is 1.92 bits per heavy atom. The fraction of sp³-hybridized carbons (Fsp3) is 0.391. The van der Waals surface area contributed by atoms with Gasteiger partial charge in [-0.25, -0.2) is 0 Å². The van der Waals surface area contributed by atoms with Crippen molar-refractivity contribution in [3.8, 4) is 18.1 Å². The van der Waals surface area contributed by atoms with Gasteiger partial charge in [-0.3, -0.25) is 0 Å². The summed E-state index contributed by atoms with van der Waals surface area (Å²) in [6.45, 7) is 3.16. The molecule has 2 aromatic carbocycles. The Kier molecular flexibility index (Phi) is 5.66. The van der Waals surface area contributed by atoms with Crippen LogP contribution in [-0.4, -0.2) is 13.7 Å². The zero-order valence-corrected chi connectivity index (χ0v) is 15.2. The minimum atomic E-state index is 0.686. The first-order valence-corrected chi connectivity index (χ1v) is 9.14. The zero-order valence-electron chi connectivity index (χ0n) is 15.2. The first kappa shape index (κ1) is 17.4. The number of aryl methyl sites for hydroxylation is 1.